The van der Waals surface area contributed by atoms with Gasteiger partial charge in [0.05, 0.1) is 13.0 Å². The van der Waals surface area contributed by atoms with Crippen LogP contribution in [0.5, 0.6) is 0 Å². The highest BCUT2D eigenvalue weighted by Gasteiger charge is 2.35. The van der Waals surface area contributed by atoms with Crippen molar-refractivity contribution in [2.24, 2.45) is 5.41 Å². The number of hydrogen-bond donors (Lipinski definition) is 1. The number of likely N-dealkylation sites (tertiary alicyclic amines) is 1. The molecule has 0 radical (unpaired) electrons. The van der Waals surface area contributed by atoms with Crippen molar-refractivity contribution in [1.82, 2.24) is 4.90 Å². The lowest BCUT2D eigenvalue weighted by Crippen LogP contribution is -2.48. The molecular formula is C17H20ClF2NO2. The number of aliphatic hydroxyl groups is 1. The summed E-state index contributed by atoms with van der Waals surface area (Å²) in [7, 11) is 0. The molecule has 0 bridgehead atoms. The van der Waals surface area contributed by atoms with Gasteiger partial charge in [0.15, 0.2) is 11.6 Å². The maximum atomic E-state index is 13.3. The first-order chi connectivity index (χ1) is 10.9. The number of rotatable bonds is 5. The van der Waals surface area contributed by atoms with Crippen molar-refractivity contribution < 1.29 is 18.7 Å². The Kier molecular flexibility index (Phi) is 5.76. The van der Waals surface area contributed by atoms with E-state index >= 15 is 0 Å². The largest absolute Gasteiger partial charge is 0.396 e. The van der Waals surface area contributed by atoms with Gasteiger partial charge in [-0.25, -0.2) is 8.78 Å². The fourth-order valence-corrected chi connectivity index (χ4v) is 3.28. The first-order valence-corrected chi connectivity index (χ1v) is 7.91. The van der Waals surface area contributed by atoms with E-state index in [1.807, 2.05) is 0 Å². The maximum absolute atomic E-state index is 13.3. The number of hydrogen-bond acceptors (Lipinski definition) is 2. The van der Waals surface area contributed by atoms with Gasteiger partial charge in [0, 0.05) is 23.5 Å². The highest BCUT2D eigenvalue weighted by atomic mass is 35.5. The van der Waals surface area contributed by atoms with Gasteiger partial charge in [0.2, 0.25) is 5.91 Å². The molecule has 1 fully saturated rings. The van der Waals surface area contributed by atoms with E-state index in [1.165, 1.54) is 0 Å². The Bertz CT molecular complexity index is 609. The number of amides is 1. The summed E-state index contributed by atoms with van der Waals surface area (Å²) in [5.74, 6) is -2.26. The summed E-state index contributed by atoms with van der Waals surface area (Å²) in [6, 6.07) is 1.84. The third-order valence-electron chi connectivity index (χ3n) is 4.36. The zero-order valence-electron chi connectivity index (χ0n) is 12.8. The molecule has 0 spiro atoms. The number of carbonyl (C=O) groups excluding carboxylic acids is 1. The minimum Gasteiger partial charge on any atom is -0.396 e. The van der Waals surface area contributed by atoms with Gasteiger partial charge in [-0.05, 0) is 37.0 Å². The molecule has 0 saturated carbocycles. The molecule has 0 aliphatic carbocycles. The zero-order valence-corrected chi connectivity index (χ0v) is 13.6. The molecule has 126 valence electrons. The van der Waals surface area contributed by atoms with Crippen molar-refractivity contribution in [2.75, 3.05) is 19.7 Å². The van der Waals surface area contributed by atoms with Crippen molar-refractivity contribution in [2.45, 2.75) is 25.7 Å². The quantitative estimate of drug-likeness (QED) is 0.658. The third kappa shape index (κ3) is 4.09. The Balaban J connectivity index is 2.11. The van der Waals surface area contributed by atoms with Crippen molar-refractivity contribution in [3.63, 3.8) is 0 Å². The summed E-state index contributed by atoms with van der Waals surface area (Å²) < 4.78 is 26.4. The van der Waals surface area contributed by atoms with E-state index in [4.69, 9.17) is 11.6 Å². The van der Waals surface area contributed by atoms with Crippen LogP contribution in [-0.4, -0.2) is 35.6 Å². The zero-order chi connectivity index (χ0) is 17.0. The van der Waals surface area contributed by atoms with E-state index in [1.54, 1.807) is 11.0 Å². The molecule has 1 saturated heterocycles. The Morgan fingerprint density at radius 3 is 2.78 bits per heavy atom. The fourth-order valence-electron chi connectivity index (χ4n) is 3.06. The summed E-state index contributed by atoms with van der Waals surface area (Å²) in [5.41, 5.74) is -0.104. The predicted molar refractivity (Wildman–Crippen MR) is 85.2 cm³/mol. The number of allylic oxidation sites excluding steroid dienone is 1. The van der Waals surface area contributed by atoms with Gasteiger partial charge in [0.1, 0.15) is 0 Å². The normalized spacial score (nSPS) is 21.3. The first-order valence-electron chi connectivity index (χ1n) is 7.54. The Morgan fingerprint density at radius 1 is 1.43 bits per heavy atom. The highest BCUT2D eigenvalue weighted by molar-refractivity contribution is 6.31. The average molecular weight is 344 g/mol. The SMILES string of the molecule is C=CC[C@@]1(CO)CCCN(C(=O)Cc2cc(F)c(F)cc2Cl)C1. The van der Waals surface area contributed by atoms with Crippen molar-refractivity contribution in [3.8, 4) is 0 Å². The van der Waals surface area contributed by atoms with E-state index in [2.05, 4.69) is 6.58 Å². The molecule has 1 heterocycles. The minimum atomic E-state index is -1.03. The number of aliphatic hydroxyl groups excluding tert-OH is 1. The summed E-state index contributed by atoms with van der Waals surface area (Å²) in [6.45, 7) is 4.70. The Morgan fingerprint density at radius 2 is 2.13 bits per heavy atom. The van der Waals surface area contributed by atoms with E-state index < -0.39 is 11.6 Å². The molecule has 0 unspecified atom stereocenters. The summed E-state index contributed by atoms with van der Waals surface area (Å²) in [6.07, 6.45) is 3.89. The van der Waals surface area contributed by atoms with Gasteiger partial charge >= 0.3 is 0 Å². The van der Waals surface area contributed by atoms with E-state index in [0.717, 1.165) is 25.0 Å². The van der Waals surface area contributed by atoms with Gasteiger partial charge in [0.25, 0.3) is 0 Å². The van der Waals surface area contributed by atoms with E-state index in [9.17, 15) is 18.7 Å². The van der Waals surface area contributed by atoms with Crippen LogP contribution >= 0.6 is 11.6 Å². The van der Waals surface area contributed by atoms with Crippen LogP contribution in [0.2, 0.25) is 5.02 Å². The van der Waals surface area contributed by atoms with Crippen LogP contribution in [0.1, 0.15) is 24.8 Å². The lowest BCUT2D eigenvalue weighted by Gasteiger charge is -2.41. The summed E-state index contributed by atoms with van der Waals surface area (Å²) in [5, 5.41) is 9.71. The topological polar surface area (TPSA) is 40.5 Å². The van der Waals surface area contributed by atoms with Crippen LogP contribution in [0.15, 0.2) is 24.8 Å². The second kappa shape index (κ2) is 7.41. The minimum absolute atomic E-state index is 0.0191. The Labute approximate surface area is 139 Å². The predicted octanol–water partition coefficient (Wildman–Crippen LogP) is 3.34. The molecule has 1 aliphatic heterocycles. The standard InChI is InChI=1S/C17H20ClF2NO2/c1-2-4-17(11-22)5-3-6-21(10-17)16(23)8-12-7-14(19)15(20)9-13(12)18/h2,7,9,22H,1,3-6,8,10-11H2/t17-/m1/s1. The van der Waals surface area contributed by atoms with E-state index in [-0.39, 0.29) is 34.9 Å². The monoisotopic (exact) mass is 343 g/mol. The molecule has 1 aromatic carbocycles. The number of benzene rings is 1. The average Bonchev–Trinajstić information content (AvgIpc) is 2.53. The number of nitrogens with zero attached hydrogens (tertiary/aromatic N) is 1. The molecule has 1 aromatic rings. The van der Waals surface area contributed by atoms with Crippen LogP contribution in [0.4, 0.5) is 8.78 Å². The van der Waals surface area contributed by atoms with Gasteiger partial charge in [-0.1, -0.05) is 17.7 Å². The number of piperidine rings is 1. The second-order valence-corrected chi connectivity index (χ2v) is 6.51. The molecule has 1 amide bonds. The number of carbonyl (C=O) groups is 1. The molecule has 23 heavy (non-hydrogen) atoms. The van der Waals surface area contributed by atoms with Gasteiger partial charge in [-0.3, -0.25) is 4.79 Å². The summed E-state index contributed by atoms with van der Waals surface area (Å²) >= 11 is 5.89. The van der Waals surface area contributed by atoms with Crippen molar-refractivity contribution >= 4 is 17.5 Å². The molecule has 0 aromatic heterocycles. The molecule has 3 nitrogen and oxygen atoms in total. The summed E-state index contributed by atoms with van der Waals surface area (Å²) in [4.78, 5) is 14.1. The number of halogens is 3. The van der Waals surface area contributed by atoms with Crippen LogP contribution < -0.4 is 0 Å². The van der Waals surface area contributed by atoms with Crippen molar-refractivity contribution in [3.05, 3.63) is 47.0 Å². The van der Waals surface area contributed by atoms with E-state index in [0.29, 0.717) is 19.5 Å². The van der Waals surface area contributed by atoms with Crippen LogP contribution in [0, 0.1) is 17.0 Å². The van der Waals surface area contributed by atoms with Gasteiger partial charge < -0.3 is 10.0 Å². The third-order valence-corrected chi connectivity index (χ3v) is 4.71. The molecule has 1 N–H and O–H groups in total. The Hall–Kier alpha value is -1.46. The lowest BCUT2D eigenvalue weighted by atomic mass is 9.77. The highest BCUT2D eigenvalue weighted by Crippen LogP contribution is 2.34. The second-order valence-electron chi connectivity index (χ2n) is 6.10. The lowest BCUT2D eigenvalue weighted by molar-refractivity contribution is -0.134. The first kappa shape index (κ1) is 17.9. The molecule has 1 atom stereocenters. The molecule has 2 rings (SSSR count). The van der Waals surface area contributed by atoms with Crippen LogP contribution in [-0.2, 0) is 11.2 Å². The van der Waals surface area contributed by atoms with Gasteiger partial charge in [-0.15, -0.1) is 6.58 Å². The maximum Gasteiger partial charge on any atom is 0.227 e. The van der Waals surface area contributed by atoms with Crippen molar-refractivity contribution in [1.29, 1.82) is 0 Å². The molecular weight excluding hydrogens is 324 g/mol. The molecule has 1 aliphatic rings. The molecule has 6 heteroatoms. The van der Waals surface area contributed by atoms with Crippen LogP contribution in [0.3, 0.4) is 0 Å². The van der Waals surface area contributed by atoms with Gasteiger partial charge in [-0.2, -0.15) is 0 Å². The van der Waals surface area contributed by atoms with Crippen LogP contribution in [0.25, 0.3) is 0 Å². The smallest absolute Gasteiger partial charge is 0.227 e. The fraction of sp³-hybridized carbons (Fsp3) is 0.471.